The van der Waals surface area contributed by atoms with Crippen LogP contribution < -0.4 is 5.32 Å². The van der Waals surface area contributed by atoms with Gasteiger partial charge in [-0.2, -0.15) is 0 Å². The van der Waals surface area contributed by atoms with E-state index in [1.165, 1.54) is 6.42 Å². The lowest BCUT2D eigenvalue weighted by Crippen LogP contribution is -2.44. The lowest BCUT2D eigenvalue weighted by Gasteiger charge is -2.23. The van der Waals surface area contributed by atoms with Crippen molar-refractivity contribution in [1.82, 2.24) is 5.32 Å². The fourth-order valence-electron chi connectivity index (χ4n) is 3.04. The summed E-state index contributed by atoms with van der Waals surface area (Å²) in [5.41, 5.74) is -0.609. The van der Waals surface area contributed by atoms with Gasteiger partial charge in [-0.25, -0.2) is 9.59 Å². The molecular weight excluding hydrogens is 246 g/mol. The third-order valence-electron chi connectivity index (χ3n) is 3.90. The van der Waals surface area contributed by atoms with Crippen LogP contribution in [0.2, 0.25) is 0 Å². The Morgan fingerprint density at radius 3 is 2.32 bits per heavy atom. The van der Waals surface area contributed by atoms with E-state index in [2.05, 4.69) is 5.32 Å². The first-order valence-electron chi connectivity index (χ1n) is 6.97. The molecule has 108 valence electrons. The smallest absolute Gasteiger partial charge is 0.408 e. The highest BCUT2D eigenvalue weighted by molar-refractivity contribution is 5.80. The largest absolute Gasteiger partial charge is 0.480 e. The van der Waals surface area contributed by atoms with Gasteiger partial charge in [0.15, 0.2) is 0 Å². The van der Waals surface area contributed by atoms with Gasteiger partial charge in [-0.3, -0.25) is 0 Å². The van der Waals surface area contributed by atoms with E-state index in [0.717, 1.165) is 24.7 Å². The first-order chi connectivity index (χ1) is 8.74. The minimum atomic E-state index is -0.980. The summed E-state index contributed by atoms with van der Waals surface area (Å²) >= 11 is 0. The molecule has 2 fully saturated rings. The summed E-state index contributed by atoms with van der Waals surface area (Å²) in [7, 11) is 0. The average molecular weight is 269 g/mol. The van der Waals surface area contributed by atoms with E-state index in [1.807, 2.05) is 0 Å². The molecule has 0 saturated heterocycles. The Morgan fingerprint density at radius 2 is 1.84 bits per heavy atom. The fourth-order valence-corrected chi connectivity index (χ4v) is 3.04. The molecule has 1 amide bonds. The van der Waals surface area contributed by atoms with Crippen molar-refractivity contribution in [1.29, 1.82) is 0 Å². The number of rotatable bonds is 4. The Kier molecular flexibility index (Phi) is 3.74. The van der Waals surface area contributed by atoms with Gasteiger partial charge in [-0.15, -0.1) is 0 Å². The van der Waals surface area contributed by atoms with Crippen LogP contribution in [0.4, 0.5) is 4.79 Å². The van der Waals surface area contributed by atoms with E-state index in [-0.39, 0.29) is 0 Å². The zero-order valence-electron chi connectivity index (χ0n) is 11.8. The summed E-state index contributed by atoms with van der Waals surface area (Å²) in [6.07, 6.45) is 3.41. The Bertz CT molecular complexity index is 364. The van der Waals surface area contributed by atoms with E-state index >= 15 is 0 Å². The van der Waals surface area contributed by atoms with Crippen LogP contribution in [0.5, 0.6) is 0 Å². The minimum Gasteiger partial charge on any atom is -0.480 e. The maximum atomic E-state index is 11.6. The first kappa shape index (κ1) is 14.2. The number of nitrogens with one attached hydrogen (secondary N) is 1. The molecule has 0 aromatic carbocycles. The molecule has 5 nitrogen and oxygen atoms in total. The normalized spacial score (nSPS) is 30.4. The highest BCUT2D eigenvalue weighted by Crippen LogP contribution is 2.55. The van der Waals surface area contributed by atoms with Crippen LogP contribution in [-0.2, 0) is 9.53 Å². The standard InChI is InChI=1S/C14H23NO4/c1-14(2,3)19-13(18)15-11(12(16)17)6-8-4-9-7-10(9)5-8/h8-11H,4-7H2,1-3H3,(H,15,18)(H,16,17)/t8?,9-,10+,11-/m0/s1. The van der Waals surface area contributed by atoms with Crippen molar-refractivity contribution in [3.05, 3.63) is 0 Å². The number of carbonyl (C=O) groups is 2. The van der Waals surface area contributed by atoms with Crippen LogP contribution in [0.15, 0.2) is 0 Å². The molecule has 0 bridgehead atoms. The van der Waals surface area contributed by atoms with E-state index in [9.17, 15) is 14.7 Å². The molecule has 0 aliphatic heterocycles. The molecule has 0 heterocycles. The maximum absolute atomic E-state index is 11.6. The zero-order chi connectivity index (χ0) is 14.2. The Balaban J connectivity index is 1.82. The number of fused-ring (bicyclic) bond motifs is 1. The average Bonchev–Trinajstić information content (AvgIpc) is 2.82. The fraction of sp³-hybridized carbons (Fsp3) is 0.857. The molecule has 2 aliphatic carbocycles. The summed E-state index contributed by atoms with van der Waals surface area (Å²) in [6, 6.07) is -0.836. The third kappa shape index (κ3) is 4.11. The SMILES string of the molecule is CC(C)(C)OC(=O)N[C@@H](CC1C[C@@H]2C[C@@H]2C1)C(=O)O. The topological polar surface area (TPSA) is 75.6 Å². The molecule has 2 aliphatic rings. The summed E-state index contributed by atoms with van der Waals surface area (Å²) in [6.45, 7) is 5.27. The van der Waals surface area contributed by atoms with Gasteiger partial charge in [-0.05, 0) is 64.2 Å². The summed E-state index contributed by atoms with van der Waals surface area (Å²) in [5.74, 6) is 1.09. The number of carboxylic acid groups (broad SMARTS) is 1. The predicted molar refractivity (Wildman–Crippen MR) is 69.7 cm³/mol. The van der Waals surface area contributed by atoms with E-state index in [1.54, 1.807) is 20.8 Å². The summed E-state index contributed by atoms with van der Waals surface area (Å²) in [5, 5.41) is 11.7. The second kappa shape index (κ2) is 5.02. The van der Waals surface area contributed by atoms with Gasteiger partial charge in [0.05, 0.1) is 0 Å². The highest BCUT2D eigenvalue weighted by Gasteiger charge is 2.46. The van der Waals surface area contributed by atoms with Gasteiger partial charge in [0.1, 0.15) is 11.6 Å². The van der Waals surface area contributed by atoms with Crippen LogP contribution in [-0.4, -0.2) is 28.8 Å². The van der Waals surface area contributed by atoms with Gasteiger partial charge < -0.3 is 15.2 Å². The number of hydrogen-bond acceptors (Lipinski definition) is 3. The first-order valence-corrected chi connectivity index (χ1v) is 6.97. The number of carboxylic acids is 1. The Hall–Kier alpha value is -1.26. The number of ether oxygens (including phenoxy) is 1. The monoisotopic (exact) mass is 269 g/mol. The van der Waals surface area contributed by atoms with E-state index < -0.39 is 23.7 Å². The minimum absolute atomic E-state index is 0.430. The molecule has 4 atom stereocenters. The molecule has 2 rings (SSSR count). The number of alkyl carbamates (subject to hydrolysis) is 1. The van der Waals surface area contributed by atoms with Gasteiger partial charge in [0.2, 0.25) is 0 Å². The van der Waals surface area contributed by atoms with Crippen molar-refractivity contribution in [3.63, 3.8) is 0 Å². The van der Waals surface area contributed by atoms with Crippen molar-refractivity contribution in [2.45, 2.75) is 58.1 Å². The number of aliphatic carboxylic acids is 1. The van der Waals surface area contributed by atoms with Crippen LogP contribution in [0, 0.1) is 17.8 Å². The van der Waals surface area contributed by atoms with Crippen LogP contribution >= 0.6 is 0 Å². The predicted octanol–water partition coefficient (Wildman–Crippen LogP) is 2.40. The van der Waals surface area contributed by atoms with Crippen molar-refractivity contribution in [3.8, 4) is 0 Å². The molecule has 19 heavy (non-hydrogen) atoms. The Morgan fingerprint density at radius 1 is 1.26 bits per heavy atom. The van der Waals surface area contributed by atoms with Crippen LogP contribution in [0.3, 0.4) is 0 Å². The number of hydrogen-bond donors (Lipinski definition) is 2. The molecule has 0 aromatic rings. The second-order valence-corrected chi connectivity index (χ2v) is 6.87. The molecule has 1 unspecified atom stereocenters. The van der Waals surface area contributed by atoms with Crippen LogP contribution in [0.1, 0.15) is 46.5 Å². The molecule has 0 aromatic heterocycles. The second-order valence-electron chi connectivity index (χ2n) is 6.87. The number of amides is 1. The van der Waals surface area contributed by atoms with Gasteiger partial charge >= 0.3 is 12.1 Å². The Labute approximate surface area is 113 Å². The van der Waals surface area contributed by atoms with Gasteiger partial charge in [-0.1, -0.05) is 0 Å². The van der Waals surface area contributed by atoms with E-state index in [0.29, 0.717) is 12.3 Å². The molecular formula is C14H23NO4. The quantitative estimate of drug-likeness (QED) is 0.821. The maximum Gasteiger partial charge on any atom is 0.408 e. The molecule has 2 saturated carbocycles. The van der Waals surface area contributed by atoms with Crippen LogP contribution in [0.25, 0.3) is 0 Å². The highest BCUT2D eigenvalue weighted by atomic mass is 16.6. The van der Waals surface area contributed by atoms with Gasteiger partial charge in [0.25, 0.3) is 0 Å². The molecule has 0 spiro atoms. The van der Waals surface area contributed by atoms with Crippen molar-refractivity contribution < 1.29 is 19.4 Å². The molecule has 2 N–H and O–H groups in total. The third-order valence-corrected chi connectivity index (χ3v) is 3.90. The summed E-state index contributed by atoms with van der Waals surface area (Å²) in [4.78, 5) is 22.8. The lowest BCUT2D eigenvalue weighted by molar-refractivity contribution is -0.140. The van der Waals surface area contributed by atoms with Gasteiger partial charge in [0, 0.05) is 0 Å². The summed E-state index contributed by atoms with van der Waals surface area (Å²) < 4.78 is 5.10. The number of carbonyl (C=O) groups excluding carboxylic acids is 1. The van der Waals surface area contributed by atoms with Crippen molar-refractivity contribution in [2.24, 2.45) is 17.8 Å². The van der Waals surface area contributed by atoms with Crippen molar-refractivity contribution >= 4 is 12.1 Å². The molecule has 5 heteroatoms. The molecule has 0 radical (unpaired) electrons. The van der Waals surface area contributed by atoms with E-state index in [4.69, 9.17) is 4.74 Å². The van der Waals surface area contributed by atoms with Crippen molar-refractivity contribution in [2.75, 3.05) is 0 Å². The zero-order valence-corrected chi connectivity index (χ0v) is 11.8. The lowest BCUT2D eigenvalue weighted by atomic mass is 9.95.